The number of rotatable bonds is 3. The molecule has 3 aromatic rings. The fourth-order valence-corrected chi connectivity index (χ4v) is 4.26. The van der Waals surface area contributed by atoms with Gasteiger partial charge in [-0.1, -0.05) is 0 Å². The number of benzene rings is 1. The molecule has 0 unspecified atom stereocenters. The maximum Gasteiger partial charge on any atom is 0.130 e. The second-order valence-corrected chi connectivity index (χ2v) is 7.21. The van der Waals surface area contributed by atoms with Crippen molar-refractivity contribution in [3.05, 3.63) is 52.3 Å². The molecule has 0 saturated heterocycles. The molecule has 1 aromatic carbocycles. The van der Waals surface area contributed by atoms with Crippen LogP contribution in [-0.2, 0) is 32.5 Å². The summed E-state index contributed by atoms with van der Waals surface area (Å²) in [5.74, 6) is 1.04. The van der Waals surface area contributed by atoms with Crippen molar-refractivity contribution in [2.24, 2.45) is 0 Å². The highest BCUT2D eigenvalue weighted by Crippen LogP contribution is 2.32. The zero-order chi connectivity index (χ0) is 17.0. The van der Waals surface area contributed by atoms with Crippen LogP contribution < -0.4 is 4.90 Å². The molecular formula is C20H22N4O. The van der Waals surface area contributed by atoms with Gasteiger partial charge in [0, 0.05) is 17.5 Å². The molecule has 25 heavy (non-hydrogen) atoms. The van der Waals surface area contributed by atoms with Gasteiger partial charge in [0.05, 0.1) is 37.1 Å². The molecule has 5 rings (SSSR count). The molecule has 0 saturated carbocycles. The van der Waals surface area contributed by atoms with Crippen LogP contribution in [0.4, 0.5) is 5.82 Å². The maximum atomic E-state index is 9.20. The number of aryl methyl sites for hydroxylation is 3. The second-order valence-electron chi connectivity index (χ2n) is 7.21. The summed E-state index contributed by atoms with van der Waals surface area (Å²) >= 11 is 0. The molecule has 5 nitrogen and oxygen atoms in total. The van der Waals surface area contributed by atoms with Crippen LogP contribution in [0.25, 0.3) is 10.9 Å². The van der Waals surface area contributed by atoms with Gasteiger partial charge in [-0.25, -0.2) is 4.98 Å². The summed E-state index contributed by atoms with van der Waals surface area (Å²) in [6.07, 6.45) is 5.57. The number of aliphatic hydroxyl groups excluding tert-OH is 1. The van der Waals surface area contributed by atoms with Crippen molar-refractivity contribution in [2.75, 3.05) is 11.5 Å². The van der Waals surface area contributed by atoms with E-state index in [1.807, 2.05) is 10.9 Å². The van der Waals surface area contributed by atoms with E-state index in [0.29, 0.717) is 6.54 Å². The van der Waals surface area contributed by atoms with Crippen molar-refractivity contribution in [2.45, 2.75) is 45.8 Å². The van der Waals surface area contributed by atoms with Crippen LogP contribution in [-0.4, -0.2) is 26.5 Å². The predicted octanol–water partition coefficient (Wildman–Crippen LogP) is 2.74. The third-order valence-electron chi connectivity index (χ3n) is 5.59. The first-order valence-corrected chi connectivity index (χ1v) is 9.05. The summed E-state index contributed by atoms with van der Waals surface area (Å²) in [6, 6.07) is 6.85. The highest BCUT2D eigenvalue weighted by atomic mass is 16.3. The minimum atomic E-state index is 0.118. The van der Waals surface area contributed by atoms with Gasteiger partial charge in [-0.3, -0.25) is 4.68 Å². The van der Waals surface area contributed by atoms with E-state index < -0.39 is 0 Å². The molecule has 2 aromatic heterocycles. The SMILES string of the molecule is Cc1cc(N2Cc3cnn(CCO)c3C2)nc2cc3c(cc12)CCC3. The topological polar surface area (TPSA) is 54.2 Å². The van der Waals surface area contributed by atoms with E-state index in [0.717, 1.165) is 24.4 Å². The number of fused-ring (bicyclic) bond motifs is 3. The minimum Gasteiger partial charge on any atom is -0.394 e. The molecule has 2 aliphatic rings. The van der Waals surface area contributed by atoms with Gasteiger partial charge in [0.15, 0.2) is 0 Å². The fraction of sp³-hybridized carbons (Fsp3) is 0.400. The number of hydrogen-bond donors (Lipinski definition) is 1. The number of aromatic nitrogens is 3. The standard InChI is InChI=1S/C20H22N4O/c1-13-7-20(22-18-9-15-4-2-3-14(15)8-17(13)18)23-11-16-10-21-24(5-6-25)19(16)12-23/h7-10,25H,2-6,11-12H2,1H3. The van der Waals surface area contributed by atoms with Gasteiger partial charge in [0.1, 0.15) is 5.82 Å². The summed E-state index contributed by atoms with van der Waals surface area (Å²) in [6.45, 7) is 4.50. The Balaban J connectivity index is 1.52. The molecule has 0 spiro atoms. The number of pyridine rings is 1. The Morgan fingerprint density at radius 2 is 1.92 bits per heavy atom. The lowest BCUT2D eigenvalue weighted by atomic mass is 10.0. The third-order valence-corrected chi connectivity index (χ3v) is 5.59. The lowest BCUT2D eigenvalue weighted by Gasteiger charge is -2.19. The highest BCUT2D eigenvalue weighted by molar-refractivity contribution is 5.85. The van der Waals surface area contributed by atoms with Gasteiger partial charge in [0.2, 0.25) is 0 Å². The molecule has 0 amide bonds. The van der Waals surface area contributed by atoms with E-state index in [1.165, 1.54) is 52.6 Å². The molecule has 1 aliphatic heterocycles. The van der Waals surface area contributed by atoms with Crippen LogP contribution in [0.5, 0.6) is 0 Å². The lowest BCUT2D eigenvalue weighted by molar-refractivity contribution is 0.267. The monoisotopic (exact) mass is 334 g/mol. The van der Waals surface area contributed by atoms with Crippen molar-refractivity contribution in [1.82, 2.24) is 14.8 Å². The minimum absolute atomic E-state index is 0.118. The largest absolute Gasteiger partial charge is 0.394 e. The average Bonchev–Trinajstić information content (AvgIpc) is 3.29. The molecule has 0 atom stereocenters. The Labute approximate surface area is 146 Å². The smallest absolute Gasteiger partial charge is 0.130 e. The maximum absolute atomic E-state index is 9.20. The van der Waals surface area contributed by atoms with Gasteiger partial charge < -0.3 is 10.0 Å². The lowest BCUT2D eigenvalue weighted by Crippen LogP contribution is -2.19. The van der Waals surface area contributed by atoms with E-state index in [4.69, 9.17) is 4.98 Å². The van der Waals surface area contributed by atoms with Crippen molar-refractivity contribution in [3.8, 4) is 0 Å². The van der Waals surface area contributed by atoms with E-state index in [2.05, 4.69) is 35.1 Å². The molecule has 0 radical (unpaired) electrons. The summed E-state index contributed by atoms with van der Waals surface area (Å²) < 4.78 is 1.91. The van der Waals surface area contributed by atoms with E-state index in [9.17, 15) is 5.11 Å². The number of aliphatic hydroxyl groups is 1. The quantitative estimate of drug-likeness (QED) is 0.800. The van der Waals surface area contributed by atoms with Gasteiger partial charge >= 0.3 is 0 Å². The molecular weight excluding hydrogens is 312 g/mol. The molecule has 0 bridgehead atoms. The van der Waals surface area contributed by atoms with Crippen LogP contribution in [0, 0.1) is 6.92 Å². The number of anilines is 1. The first-order valence-electron chi connectivity index (χ1n) is 9.05. The highest BCUT2D eigenvalue weighted by Gasteiger charge is 2.25. The Kier molecular flexibility index (Phi) is 3.31. The van der Waals surface area contributed by atoms with Crippen molar-refractivity contribution >= 4 is 16.7 Å². The normalized spacial score (nSPS) is 15.8. The fourth-order valence-electron chi connectivity index (χ4n) is 4.26. The molecule has 5 heteroatoms. The van der Waals surface area contributed by atoms with Crippen LogP contribution in [0.3, 0.4) is 0 Å². The van der Waals surface area contributed by atoms with Gasteiger partial charge in [-0.2, -0.15) is 5.10 Å². The van der Waals surface area contributed by atoms with Gasteiger partial charge in [-0.15, -0.1) is 0 Å². The average molecular weight is 334 g/mol. The van der Waals surface area contributed by atoms with Gasteiger partial charge in [-0.05, 0) is 61.1 Å². The first-order chi connectivity index (χ1) is 12.2. The Hall–Kier alpha value is -2.40. The van der Waals surface area contributed by atoms with E-state index in [1.54, 1.807) is 0 Å². The summed E-state index contributed by atoms with van der Waals surface area (Å²) in [5, 5.41) is 14.9. The second kappa shape index (κ2) is 5.56. The van der Waals surface area contributed by atoms with Crippen molar-refractivity contribution in [3.63, 3.8) is 0 Å². The van der Waals surface area contributed by atoms with Crippen LogP contribution in [0.1, 0.15) is 34.4 Å². The molecule has 128 valence electrons. The number of hydrogen-bond acceptors (Lipinski definition) is 4. The summed E-state index contributed by atoms with van der Waals surface area (Å²) in [4.78, 5) is 7.29. The molecule has 0 fully saturated rings. The van der Waals surface area contributed by atoms with Gasteiger partial charge in [0.25, 0.3) is 0 Å². The van der Waals surface area contributed by atoms with Crippen molar-refractivity contribution in [1.29, 1.82) is 0 Å². The third kappa shape index (κ3) is 2.34. The van der Waals surface area contributed by atoms with Crippen LogP contribution in [0.2, 0.25) is 0 Å². The van der Waals surface area contributed by atoms with Crippen LogP contribution >= 0.6 is 0 Å². The Bertz CT molecular complexity index is 975. The predicted molar refractivity (Wildman–Crippen MR) is 97.7 cm³/mol. The Morgan fingerprint density at radius 3 is 2.76 bits per heavy atom. The van der Waals surface area contributed by atoms with Crippen molar-refractivity contribution < 1.29 is 5.11 Å². The molecule has 1 aliphatic carbocycles. The summed E-state index contributed by atoms with van der Waals surface area (Å²) in [5.41, 5.74) is 7.82. The zero-order valence-corrected chi connectivity index (χ0v) is 14.5. The van der Waals surface area contributed by atoms with Crippen LogP contribution in [0.15, 0.2) is 24.4 Å². The summed E-state index contributed by atoms with van der Waals surface area (Å²) in [7, 11) is 0. The first kappa shape index (κ1) is 14.9. The zero-order valence-electron chi connectivity index (χ0n) is 14.5. The number of nitrogens with zero attached hydrogens (tertiary/aromatic N) is 4. The molecule has 3 heterocycles. The molecule has 1 N–H and O–H groups in total. The van der Waals surface area contributed by atoms with E-state index in [-0.39, 0.29) is 6.61 Å². The van der Waals surface area contributed by atoms with E-state index >= 15 is 0 Å². The Morgan fingerprint density at radius 1 is 1.08 bits per heavy atom.